The van der Waals surface area contributed by atoms with Gasteiger partial charge in [-0.15, -0.1) is 0 Å². The second-order valence-electron chi connectivity index (χ2n) is 5.60. The predicted octanol–water partition coefficient (Wildman–Crippen LogP) is 1.68. The number of carbonyl (C=O) groups is 1. The van der Waals surface area contributed by atoms with Crippen LogP contribution in [0, 0.1) is 5.41 Å². The third-order valence-corrected chi connectivity index (χ3v) is 3.28. The Balaban J connectivity index is 2.40. The molecule has 1 rings (SSSR count). The van der Waals surface area contributed by atoms with E-state index in [-0.39, 0.29) is 23.4 Å². The van der Waals surface area contributed by atoms with Gasteiger partial charge in [-0.05, 0) is 31.7 Å². The van der Waals surface area contributed by atoms with Gasteiger partial charge in [-0.1, -0.05) is 27.2 Å². The fourth-order valence-electron chi connectivity index (χ4n) is 1.61. The maximum atomic E-state index is 11.9. The zero-order valence-electron chi connectivity index (χ0n) is 10.4. The topological polar surface area (TPSA) is 41.1 Å². The number of carbonyl (C=O) groups excluding carboxylic acids is 1. The van der Waals surface area contributed by atoms with Crippen LogP contribution in [0.2, 0.25) is 0 Å². The third kappa shape index (κ3) is 3.82. The quantitative estimate of drug-likeness (QED) is 0.731. The molecule has 3 heteroatoms. The minimum Gasteiger partial charge on any atom is -0.352 e. The summed E-state index contributed by atoms with van der Waals surface area (Å²) in [6.07, 6.45) is 3.33. The molecule has 1 aliphatic rings. The van der Waals surface area contributed by atoms with Crippen molar-refractivity contribution in [3.63, 3.8) is 0 Å². The van der Waals surface area contributed by atoms with Crippen LogP contribution >= 0.6 is 0 Å². The molecule has 0 aromatic heterocycles. The molecule has 1 unspecified atom stereocenters. The molecule has 2 atom stereocenters. The van der Waals surface area contributed by atoms with E-state index in [1.807, 2.05) is 0 Å². The largest absolute Gasteiger partial charge is 0.352 e. The molecule has 0 radical (unpaired) electrons. The molecule has 0 aromatic rings. The molecule has 1 aliphatic heterocycles. The number of hydrogen-bond acceptors (Lipinski definition) is 2. The lowest BCUT2D eigenvalue weighted by Crippen LogP contribution is -2.51. The van der Waals surface area contributed by atoms with Crippen molar-refractivity contribution in [2.75, 3.05) is 6.54 Å². The molecule has 88 valence electrons. The highest BCUT2D eigenvalue weighted by Gasteiger charge is 2.26. The Labute approximate surface area is 93.0 Å². The van der Waals surface area contributed by atoms with Crippen LogP contribution in [0.3, 0.4) is 0 Å². The molecule has 0 saturated carbocycles. The Morgan fingerprint density at radius 1 is 1.40 bits per heavy atom. The van der Waals surface area contributed by atoms with E-state index in [9.17, 15) is 4.79 Å². The summed E-state index contributed by atoms with van der Waals surface area (Å²) in [5.41, 5.74) is 0.129. The van der Waals surface area contributed by atoms with E-state index in [1.54, 1.807) is 0 Å². The van der Waals surface area contributed by atoms with Crippen molar-refractivity contribution in [3.05, 3.63) is 0 Å². The molecular weight excluding hydrogens is 188 g/mol. The lowest BCUT2D eigenvalue weighted by molar-refractivity contribution is -0.125. The molecule has 0 aromatic carbocycles. The van der Waals surface area contributed by atoms with E-state index in [1.165, 1.54) is 6.42 Å². The fraction of sp³-hybridized carbons (Fsp3) is 0.917. The molecule has 0 spiro atoms. The van der Waals surface area contributed by atoms with Gasteiger partial charge in [0, 0.05) is 6.04 Å². The fourth-order valence-corrected chi connectivity index (χ4v) is 1.61. The lowest BCUT2D eigenvalue weighted by Gasteiger charge is -2.31. The first-order chi connectivity index (χ1) is 6.91. The smallest absolute Gasteiger partial charge is 0.237 e. The van der Waals surface area contributed by atoms with Gasteiger partial charge in [0.05, 0.1) is 6.04 Å². The van der Waals surface area contributed by atoms with Crippen LogP contribution in [0.25, 0.3) is 0 Å². The number of piperidine rings is 1. The number of amides is 1. The second-order valence-corrected chi connectivity index (χ2v) is 5.60. The van der Waals surface area contributed by atoms with Gasteiger partial charge in [0.2, 0.25) is 5.91 Å². The van der Waals surface area contributed by atoms with Gasteiger partial charge in [-0.2, -0.15) is 0 Å². The average Bonchev–Trinajstić information content (AvgIpc) is 2.17. The average molecular weight is 212 g/mol. The molecule has 3 nitrogen and oxygen atoms in total. The van der Waals surface area contributed by atoms with Gasteiger partial charge in [0.15, 0.2) is 0 Å². The number of rotatable bonds is 2. The number of nitrogens with one attached hydrogen (secondary N) is 2. The van der Waals surface area contributed by atoms with Crippen molar-refractivity contribution in [2.24, 2.45) is 5.41 Å². The summed E-state index contributed by atoms with van der Waals surface area (Å²) >= 11 is 0. The first-order valence-electron chi connectivity index (χ1n) is 5.95. The molecule has 1 saturated heterocycles. The first-order valence-corrected chi connectivity index (χ1v) is 5.95. The van der Waals surface area contributed by atoms with Crippen LogP contribution in [-0.2, 0) is 4.79 Å². The van der Waals surface area contributed by atoms with Crippen molar-refractivity contribution >= 4 is 5.91 Å². The van der Waals surface area contributed by atoms with Crippen molar-refractivity contribution in [3.8, 4) is 0 Å². The van der Waals surface area contributed by atoms with E-state index < -0.39 is 0 Å². The van der Waals surface area contributed by atoms with Gasteiger partial charge >= 0.3 is 0 Å². The molecule has 2 N–H and O–H groups in total. The minimum atomic E-state index is 0.0311. The third-order valence-electron chi connectivity index (χ3n) is 3.28. The molecule has 0 aliphatic carbocycles. The lowest BCUT2D eigenvalue weighted by atomic mass is 9.88. The maximum absolute atomic E-state index is 11.9. The van der Waals surface area contributed by atoms with Crippen LogP contribution in [0.15, 0.2) is 0 Å². The molecule has 1 amide bonds. The Kier molecular flexibility index (Phi) is 4.14. The molecule has 1 heterocycles. The van der Waals surface area contributed by atoms with E-state index in [2.05, 4.69) is 38.3 Å². The van der Waals surface area contributed by atoms with Gasteiger partial charge in [0.25, 0.3) is 0 Å². The SMILES string of the molecule is CC(NC(=O)[C@H]1CCCCN1)C(C)(C)C. The monoisotopic (exact) mass is 212 g/mol. The Bertz CT molecular complexity index is 214. The maximum Gasteiger partial charge on any atom is 0.237 e. The summed E-state index contributed by atoms with van der Waals surface area (Å²) in [6, 6.07) is 0.247. The van der Waals surface area contributed by atoms with Crippen LogP contribution < -0.4 is 10.6 Å². The summed E-state index contributed by atoms with van der Waals surface area (Å²) in [5, 5.41) is 6.35. The summed E-state index contributed by atoms with van der Waals surface area (Å²) in [6.45, 7) is 9.48. The predicted molar refractivity (Wildman–Crippen MR) is 62.7 cm³/mol. The normalized spacial score (nSPS) is 24.7. The Morgan fingerprint density at radius 2 is 2.07 bits per heavy atom. The van der Waals surface area contributed by atoms with Crippen molar-refractivity contribution in [1.29, 1.82) is 0 Å². The zero-order valence-corrected chi connectivity index (χ0v) is 10.4. The van der Waals surface area contributed by atoms with Crippen LogP contribution in [0.1, 0.15) is 47.0 Å². The van der Waals surface area contributed by atoms with E-state index in [0.717, 1.165) is 19.4 Å². The zero-order chi connectivity index (χ0) is 11.5. The van der Waals surface area contributed by atoms with Crippen LogP contribution in [-0.4, -0.2) is 24.5 Å². The molecular formula is C12H24N2O. The Morgan fingerprint density at radius 3 is 2.53 bits per heavy atom. The van der Waals surface area contributed by atoms with Crippen LogP contribution in [0.5, 0.6) is 0 Å². The summed E-state index contributed by atoms with van der Waals surface area (Å²) in [4.78, 5) is 11.9. The second kappa shape index (κ2) is 4.97. The van der Waals surface area contributed by atoms with Crippen molar-refractivity contribution < 1.29 is 4.79 Å². The van der Waals surface area contributed by atoms with Gasteiger partial charge in [-0.3, -0.25) is 4.79 Å². The van der Waals surface area contributed by atoms with Gasteiger partial charge < -0.3 is 10.6 Å². The number of hydrogen-bond donors (Lipinski definition) is 2. The first kappa shape index (κ1) is 12.5. The van der Waals surface area contributed by atoms with Gasteiger partial charge in [0.1, 0.15) is 0 Å². The summed E-state index contributed by atoms with van der Waals surface area (Å²) < 4.78 is 0. The van der Waals surface area contributed by atoms with Crippen molar-refractivity contribution in [1.82, 2.24) is 10.6 Å². The Hall–Kier alpha value is -0.570. The molecule has 0 bridgehead atoms. The molecule has 1 fully saturated rings. The highest BCUT2D eigenvalue weighted by molar-refractivity contribution is 5.82. The standard InChI is InChI=1S/C12H24N2O/c1-9(12(2,3)4)14-11(15)10-7-5-6-8-13-10/h9-10,13H,5-8H2,1-4H3,(H,14,15)/t9?,10-/m1/s1. The molecule has 15 heavy (non-hydrogen) atoms. The summed E-state index contributed by atoms with van der Waals surface area (Å²) in [5.74, 6) is 0.164. The van der Waals surface area contributed by atoms with E-state index >= 15 is 0 Å². The minimum absolute atomic E-state index is 0.0311. The highest BCUT2D eigenvalue weighted by Crippen LogP contribution is 2.19. The summed E-state index contributed by atoms with van der Waals surface area (Å²) in [7, 11) is 0. The van der Waals surface area contributed by atoms with Crippen molar-refractivity contribution in [2.45, 2.75) is 59.0 Å². The van der Waals surface area contributed by atoms with E-state index in [4.69, 9.17) is 0 Å². The van der Waals surface area contributed by atoms with Gasteiger partial charge in [-0.25, -0.2) is 0 Å². The highest BCUT2D eigenvalue weighted by atomic mass is 16.2. The van der Waals surface area contributed by atoms with E-state index in [0.29, 0.717) is 0 Å². The van der Waals surface area contributed by atoms with Crippen LogP contribution in [0.4, 0.5) is 0 Å².